The zero-order valence-electron chi connectivity index (χ0n) is 18.5. The molecule has 1 fully saturated rings. The first-order valence-electron chi connectivity index (χ1n) is 10.8. The van der Waals surface area contributed by atoms with E-state index >= 15 is 0 Å². The van der Waals surface area contributed by atoms with Gasteiger partial charge in [0.1, 0.15) is 12.4 Å². The summed E-state index contributed by atoms with van der Waals surface area (Å²) in [5.74, 6) is 3.15. The van der Waals surface area contributed by atoms with E-state index in [4.69, 9.17) is 9.73 Å². The summed E-state index contributed by atoms with van der Waals surface area (Å²) in [6, 6.07) is 10.4. The molecule has 166 valence electrons. The third kappa shape index (κ3) is 7.58. The molecule has 6 nitrogen and oxygen atoms in total. The molecule has 0 radical (unpaired) electrons. The summed E-state index contributed by atoms with van der Waals surface area (Å²) in [6.45, 7) is 12.5. The Kier molecular flexibility index (Phi) is 10.6. The van der Waals surface area contributed by atoms with E-state index in [1.165, 1.54) is 5.56 Å². The molecule has 30 heavy (non-hydrogen) atoms. The molecule has 0 aliphatic carbocycles. The van der Waals surface area contributed by atoms with Crippen molar-refractivity contribution >= 4 is 29.9 Å². The second-order valence-corrected chi connectivity index (χ2v) is 8.16. The fraction of sp³-hybridized carbons (Fsp3) is 0.565. The molecule has 1 aliphatic heterocycles. The number of hydrogen-bond donors (Lipinski definition) is 1. The lowest BCUT2D eigenvalue weighted by atomic mass is 10.1. The maximum absolute atomic E-state index is 5.96. The molecule has 0 saturated carbocycles. The van der Waals surface area contributed by atoms with Crippen LogP contribution in [0.15, 0.2) is 47.7 Å². The molecule has 1 unspecified atom stereocenters. The number of nitrogens with one attached hydrogen (secondary N) is 1. The van der Waals surface area contributed by atoms with Crippen LogP contribution in [0, 0.1) is 11.8 Å². The van der Waals surface area contributed by atoms with Gasteiger partial charge in [0.05, 0.1) is 13.2 Å². The van der Waals surface area contributed by atoms with Crippen molar-refractivity contribution in [3.63, 3.8) is 0 Å². The molecule has 2 heterocycles. The Bertz CT molecular complexity index is 762. The lowest BCUT2D eigenvalue weighted by Gasteiger charge is -2.22. The van der Waals surface area contributed by atoms with Crippen LogP contribution in [0.2, 0.25) is 0 Å². The van der Waals surface area contributed by atoms with Crippen molar-refractivity contribution in [3.05, 3.63) is 54.1 Å². The highest BCUT2D eigenvalue weighted by molar-refractivity contribution is 14.0. The number of nitrogens with zero attached hydrogens (tertiary/aromatic N) is 4. The number of rotatable bonds is 9. The quantitative estimate of drug-likeness (QED) is 0.304. The molecule has 1 saturated heterocycles. The minimum Gasteiger partial charge on any atom is -0.376 e. The largest absolute Gasteiger partial charge is 0.376 e. The van der Waals surface area contributed by atoms with Crippen LogP contribution in [0.1, 0.15) is 38.6 Å². The number of halogens is 1. The van der Waals surface area contributed by atoms with Gasteiger partial charge in [0.25, 0.3) is 0 Å². The standard InChI is InChI=1S/C23H35N5O.HI/c1-4-24-23(26-14-22-25-11-13-27(22)15-19(2)3)28-12-10-21(16-28)18-29-17-20-8-6-5-7-9-20;/h5-9,11,13,19,21H,4,10,12,14-18H2,1-3H3,(H,24,26);1H. The molecular weight excluding hydrogens is 489 g/mol. The van der Waals surface area contributed by atoms with Crippen LogP contribution in [-0.4, -0.2) is 46.7 Å². The third-order valence-electron chi connectivity index (χ3n) is 5.12. The van der Waals surface area contributed by atoms with E-state index in [-0.39, 0.29) is 24.0 Å². The number of benzene rings is 1. The normalized spacial score (nSPS) is 16.7. The van der Waals surface area contributed by atoms with Gasteiger partial charge in [-0.1, -0.05) is 44.2 Å². The van der Waals surface area contributed by atoms with E-state index in [1.54, 1.807) is 0 Å². The van der Waals surface area contributed by atoms with Crippen LogP contribution >= 0.6 is 24.0 Å². The molecule has 7 heteroatoms. The van der Waals surface area contributed by atoms with Crippen molar-refractivity contribution in [2.75, 3.05) is 26.2 Å². The maximum Gasteiger partial charge on any atom is 0.194 e. The lowest BCUT2D eigenvalue weighted by molar-refractivity contribution is 0.0906. The predicted molar refractivity (Wildman–Crippen MR) is 133 cm³/mol. The summed E-state index contributed by atoms with van der Waals surface area (Å²) in [4.78, 5) is 11.7. The molecular formula is C23H36IN5O. The van der Waals surface area contributed by atoms with Gasteiger partial charge in [-0.15, -0.1) is 24.0 Å². The molecule has 1 aliphatic rings. The minimum atomic E-state index is 0. The van der Waals surface area contributed by atoms with Gasteiger partial charge in [-0.05, 0) is 24.8 Å². The monoisotopic (exact) mass is 525 g/mol. The van der Waals surface area contributed by atoms with E-state index in [2.05, 4.69) is 64.8 Å². The molecule has 1 N–H and O–H groups in total. The van der Waals surface area contributed by atoms with E-state index in [0.717, 1.165) is 51.0 Å². The van der Waals surface area contributed by atoms with Crippen LogP contribution < -0.4 is 5.32 Å². The Balaban J connectivity index is 0.00000320. The second-order valence-electron chi connectivity index (χ2n) is 8.16. The molecule has 3 rings (SSSR count). The molecule has 1 aromatic carbocycles. The van der Waals surface area contributed by atoms with Gasteiger partial charge in [-0.25, -0.2) is 9.98 Å². The highest BCUT2D eigenvalue weighted by Gasteiger charge is 2.25. The number of aliphatic imine (C=N–C) groups is 1. The van der Waals surface area contributed by atoms with Gasteiger partial charge in [0.2, 0.25) is 0 Å². The number of hydrogen-bond acceptors (Lipinski definition) is 3. The Morgan fingerprint density at radius 2 is 2.10 bits per heavy atom. The SMILES string of the molecule is CCNC(=NCc1nccn1CC(C)C)N1CCC(COCc2ccccc2)C1.I. The van der Waals surface area contributed by atoms with Crippen LogP contribution in [0.5, 0.6) is 0 Å². The Hall–Kier alpha value is -1.61. The number of ether oxygens (including phenoxy) is 1. The second kappa shape index (κ2) is 12.9. The summed E-state index contributed by atoms with van der Waals surface area (Å²) >= 11 is 0. The van der Waals surface area contributed by atoms with Crippen molar-refractivity contribution in [3.8, 4) is 0 Å². The van der Waals surface area contributed by atoms with E-state index in [9.17, 15) is 0 Å². The molecule has 1 atom stereocenters. The van der Waals surface area contributed by atoms with Gasteiger partial charge in [0.15, 0.2) is 5.96 Å². The average Bonchev–Trinajstić information content (AvgIpc) is 3.35. The summed E-state index contributed by atoms with van der Waals surface area (Å²) in [5.41, 5.74) is 1.23. The van der Waals surface area contributed by atoms with Crippen molar-refractivity contribution in [2.45, 2.75) is 46.9 Å². The first-order valence-corrected chi connectivity index (χ1v) is 10.8. The number of guanidine groups is 1. The molecule has 0 spiro atoms. The fourth-order valence-corrected chi connectivity index (χ4v) is 3.70. The summed E-state index contributed by atoms with van der Waals surface area (Å²) in [7, 11) is 0. The smallest absolute Gasteiger partial charge is 0.194 e. The van der Waals surface area contributed by atoms with Gasteiger partial charge in [0, 0.05) is 44.5 Å². The Morgan fingerprint density at radius 3 is 2.83 bits per heavy atom. The van der Waals surface area contributed by atoms with Crippen LogP contribution in [-0.2, 0) is 24.4 Å². The maximum atomic E-state index is 5.96. The average molecular weight is 525 g/mol. The lowest BCUT2D eigenvalue weighted by Crippen LogP contribution is -2.40. The van der Waals surface area contributed by atoms with E-state index < -0.39 is 0 Å². The van der Waals surface area contributed by atoms with E-state index in [0.29, 0.717) is 25.0 Å². The van der Waals surface area contributed by atoms with Crippen molar-refractivity contribution in [2.24, 2.45) is 16.8 Å². The van der Waals surface area contributed by atoms with Crippen LogP contribution in [0.3, 0.4) is 0 Å². The van der Waals surface area contributed by atoms with Gasteiger partial charge < -0.3 is 19.5 Å². The van der Waals surface area contributed by atoms with Crippen LogP contribution in [0.4, 0.5) is 0 Å². The fourth-order valence-electron chi connectivity index (χ4n) is 3.70. The van der Waals surface area contributed by atoms with Gasteiger partial charge in [-0.2, -0.15) is 0 Å². The van der Waals surface area contributed by atoms with Crippen molar-refractivity contribution in [1.29, 1.82) is 0 Å². The van der Waals surface area contributed by atoms with Gasteiger partial charge >= 0.3 is 0 Å². The van der Waals surface area contributed by atoms with Crippen LogP contribution in [0.25, 0.3) is 0 Å². The van der Waals surface area contributed by atoms with Gasteiger partial charge in [-0.3, -0.25) is 0 Å². The minimum absolute atomic E-state index is 0. The number of imidazole rings is 1. The topological polar surface area (TPSA) is 54.7 Å². The highest BCUT2D eigenvalue weighted by Crippen LogP contribution is 2.18. The zero-order chi connectivity index (χ0) is 20.5. The molecule has 1 aromatic heterocycles. The number of aromatic nitrogens is 2. The van der Waals surface area contributed by atoms with Crippen molar-refractivity contribution in [1.82, 2.24) is 19.8 Å². The zero-order valence-corrected chi connectivity index (χ0v) is 20.8. The first kappa shape index (κ1) is 24.7. The molecule has 0 bridgehead atoms. The Morgan fingerprint density at radius 1 is 1.30 bits per heavy atom. The summed E-state index contributed by atoms with van der Waals surface area (Å²) < 4.78 is 8.17. The molecule has 0 amide bonds. The van der Waals surface area contributed by atoms with E-state index in [1.807, 2.05) is 18.5 Å². The summed E-state index contributed by atoms with van der Waals surface area (Å²) in [6.07, 6.45) is 5.06. The van der Waals surface area contributed by atoms with Crippen molar-refractivity contribution < 1.29 is 4.74 Å². The Labute approximate surface area is 198 Å². The molecule has 2 aromatic rings. The highest BCUT2D eigenvalue weighted by atomic mass is 127. The predicted octanol–water partition coefficient (Wildman–Crippen LogP) is 4.16. The first-order chi connectivity index (χ1) is 14.2. The number of likely N-dealkylation sites (tertiary alicyclic amines) is 1. The third-order valence-corrected chi connectivity index (χ3v) is 5.12. The summed E-state index contributed by atoms with van der Waals surface area (Å²) in [5, 5.41) is 3.45.